The fourth-order valence-corrected chi connectivity index (χ4v) is 4.12. The number of nitrogens with one attached hydrogen (secondary N) is 1. The standard InChI is InChI=1S/C22H20BrClN2O3S/c1-15-13-19(9-12-21(15)23)25-22(27)17-5-10-20(11-6-17)26(30(2,28)29)14-16-3-7-18(24)8-4-16/h3-13H,14H2,1-2H3,(H,25,27). The van der Waals surface area contributed by atoms with Crippen molar-refractivity contribution < 1.29 is 13.2 Å². The summed E-state index contributed by atoms with van der Waals surface area (Å²) in [7, 11) is -3.52. The fraction of sp³-hybridized carbons (Fsp3) is 0.136. The zero-order valence-electron chi connectivity index (χ0n) is 16.4. The number of aryl methyl sites for hydroxylation is 1. The molecule has 0 heterocycles. The van der Waals surface area contributed by atoms with Gasteiger partial charge in [0.25, 0.3) is 5.91 Å². The van der Waals surface area contributed by atoms with Gasteiger partial charge >= 0.3 is 0 Å². The zero-order valence-corrected chi connectivity index (χ0v) is 19.6. The lowest BCUT2D eigenvalue weighted by Crippen LogP contribution is -2.29. The molecule has 0 bridgehead atoms. The van der Waals surface area contributed by atoms with Gasteiger partial charge in [0.1, 0.15) is 0 Å². The molecule has 3 rings (SSSR count). The summed E-state index contributed by atoms with van der Waals surface area (Å²) < 4.78 is 26.9. The lowest BCUT2D eigenvalue weighted by atomic mass is 10.1. The van der Waals surface area contributed by atoms with Crippen LogP contribution in [0.1, 0.15) is 21.5 Å². The molecular formula is C22H20BrClN2O3S. The van der Waals surface area contributed by atoms with Crippen molar-refractivity contribution in [2.24, 2.45) is 0 Å². The topological polar surface area (TPSA) is 66.5 Å². The minimum Gasteiger partial charge on any atom is -0.322 e. The average molecular weight is 508 g/mol. The van der Waals surface area contributed by atoms with E-state index in [0.29, 0.717) is 22.0 Å². The second-order valence-corrected chi connectivity index (χ2v) is 10.1. The van der Waals surface area contributed by atoms with E-state index in [0.717, 1.165) is 21.9 Å². The van der Waals surface area contributed by atoms with Crippen LogP contribution in [0.15, 0.2) is 71.2 Å². The second kappa shape index (κ2) is 9.20. The first kappa shape index (κ1) is 22.3. The summed E-state index contributed by atoms with van der Waals surface area (Å²) in [5.41, 5.74) is 3.40. The van der Waals surface area contributed by atoms with E-state index in [1.807, 2.05) is 19.1 Å². The number of carbonyl (C=O) groups is 1. The Labute approximate surface area is 189 Å². The Kier molecular flexibility index (Phi) is 6.85. The number of hydrogen-bond acceptors (Lipinski definition) is 3. The summed E-state index contributed by atoms with van der Waals surface area (Å²) in [6, 6.07) is 19.0. The van der Waals surface area contributed by atoms with E-state index < -0.39 is 10.0 Å². The summed E-state index contributed by atoms with van der Waals surface area (Å²) in [4.78, 5) is 12.5. The van der Waals surface area contributed by atoms with Crippen molar-refractivity contribution >= 4 is 54.8 Å². The van der Waals surface area contributed by atoms with Gasteiger partial charge in [0, 0.05) is 20.7 Å². The molecule has 0 fully saturated rings. The highest BCUT2D eigenvalue weighted by Gasteiger charge is 2.18. The van der Waals surface area contributed by atoms with Crippen LogP contribution in [-0.4, -0.2) is 20.6 Å². The molecule has 30 heavy (non-hydrogen) atoms. The molecule has 0 atom stereocenters. The Morgan fingerprint density at radius 1 is 1.03 bits per heavy atom. The van der Waals surface area contributed by atoms with E-state index in [1.54, 1.807) is 54.6 Å². The van der Waals surface area contributed by atoms with Crippen molar-refractivity contribution in [2.75, 3.05) is 15.9 Å². The van der Waals surface area contributed by atoms with Crippen LogP contribution in [0.2, 0.25) is 5.02 Å². The number of hydrogen-bond donors (Lipinski definition) is 1. The molecule has 0 aliphatic carbocycles. The highest BCUT2D eigenvalue weighted by atomic mass is 79.9. The Balaban J connectivity index is 1.79. The Morgan fingerprint density at radius 2 is 1.67 bits per heavy atom. The van der Waals surface area contributed by atoms with E-state index in [4.69, 9.17) is 11.6 Å². The second-order valence-electron chi connectivity index (χ2n) is 6.86. The van der Waals surface area contributed by atoms with Crippen LogP contribution in [-0.2, 0) is 16.6 Å². The smallest absolute Gasteiger partial charge is 0.255 e. The predicted octanol–water partition coefficient (Wildman–Crippen LogP) is 5.63. The lowest BCUT2D eigenvalue weighted by molar-refractivity contribution is 0.102. The third-order valence-corrected chi connectivity index (χ3v) is 6.76. The quantitative estimate of drug-likeness (QED) is 0.470. The van der Waals surface area contributed by atoms with E-state index >= 15 is 0 Å². The van der Waals surface area contributed by atoms with Gasteiger partial charge in [-0.25, -0.2) is 8.42 Å². The normalized spacial score (nSPS) is 11.2. The zero-order chi connectivity index (χ0) is 21.9. The molecule has 1 amide bonds. The number of sulfonamides is 1. The van der Waals surface area contributed by atoms with Gasteiger partial charge in [-0.2, -0.15) is 0 Å². The molecule has 3 aromatic rings. The molecule has 5 nitrogen and oxygen atoms in total. The molecule has 0 saturated heterocycles. The summed E-state index contributed by atoms with van der Waals surface area (Å²) >= 11 is 9.34. The number of carbonyl (C=O) groups excluding carboxylic acids is 1. The maximum absolute atomic E-state index is 12.5. The van der Waals surface area contributed by atoms with Crippen LogP contribution in [0.4, 0.5) is 11.4 Å². The average Bonchev–Trinajstić information content (AvgIpc) is 2.69. The first-order valence-corrected chi connectivity index (χ1v) is 12.0. The van der Waals surface area contributed by atoms with Crippen LogP contribution in [0, 0.1) is 6.92 Å². The van der Waals surface area contributed by atoms with Gasteiger partial charge in [0.2, 0.25) is 10.0 Å². The third-order valence-electron chi connectivity index (χ3n) is 4.47. The SMILES string of the molecule is Cc1cc(NC(=O)c2ccc(N(Cc3ccc(Cl)cc3)S(C)(=O)=O)cc2)ccc1Br. The lowest BCUT2D eigenvalue weighted by Gasteiger charge is -2.23. The van der Waals surface area contributed by atoms with Gasteiger partial charge in [-0.15, -0.1) is 0 Å². The predicted molar refractivity (Wildman–Crippen MR) is 126 cm³/mol. The van der Waals surface area contributed by atoms with Gasteiger partial charge in [-0.05, 0) is 72.6 Å². The van der Waals surface area contributed by atoms with E-state index in [1.165, 1.54) is 4.31 Å². The summed E-state index contributed by atoms with van der Waals surface area (Å²) in [6.07, 6.45) is 1.15. The number of nitrogens with zero attached hydrogens (tertiary/aromatic N) is 1. The van der Waals surface area contributed by atoms with Crippen molar-refractivity contribution in [3.05, 3.63) is 92.9 Å². The van der Waals surface area contributed by atoms with Crippen molar-refractivity contribution in [1.82, 2.24) is 0 Å². The maximum atomic E-state index is 12.5. The van der Waals surface area contributed by atoms with Gasteiger partial charge < -0.3 is 5.32 Å². The minimum atomic E-state index is -3.52. The molecule has 1 N–H and O–H groups in total. The number of anilines is 2. The van der Waals surface area contributed by atoms with Crippen LogP contribution >= 0.6 is 27.5 Å². The highest BCUT2D eigenvalue weighted by Crippen LogP contribution is 2.23. The van der Waals surface area contributed by atoms with Crippen molar-refractivity contribution in [3.8, 4) is 0 Å². The van der Waals surface area contributed by atoms with Crippen LogP contribution in [0.5, 0.6) is 0 Å². The molecule has 3 aromatic carbocycles. The highest BCUT2D eigenvalue weighted by molar-refractivity contribution is 9.10. The maximum Gasteiger partial charge on any atom is 0.255 e. The molecule has 0 saturated carbocycles. The number of rotatable bonds is 6. The number of halogens is 2. The molecule has 0 aliphatic rings. The van der Waals surface area contributed by atoms with E-state index in [9.17, 15) is 13.2 Å². The van der Waals surface area contributed by atoms with Crippen LogP contribution < -0.4 is 9.62 Å². The fourth-order valence-electron chi connectivity index (χ4n) is 2.86. The van der Waals surface area contributed by atoms with Crippen molar-refractivity contribution in [2.45, 2.75) is 13.5 Å². The molecule has 8 heteroatoms. The minimum absolute atomic E-state index is 0.166. The van der Waals surface area contributed by atoms with Crippen molar-refractivity contribution in [1.29, 1.82) is 0 Å². The molecule has 0 aromatic heterocycles. The van der Waals surface area contributed by atoms with Gasteiger partial charge in [0.05, 0.1) is 18.5 Å². The Hall–Kier alpha value is -2.35. The van der Waals surface area contributed by atoms with Crippen molar-refractivity contribution in [3.63, 3.8) is 0 Å². The molecule has 0 spiro atoms. The summed E-state index contributed by atoms with van der Waals surface area (Å²) in [5, 5.41) is 3.43. The monoisotopic (exact) mass is 506 g/mol. The van der Waals surface area contributed by atoms with Gasteiger partial charge in [0.15, 0.2) is 0 Å². The molecule has 0 aliphatic heterocycles. The third kappa shape index (κ3) is 5.62. The first-order chi connectivity index (χ1) is 14.1. The molecule has 156 valence electrons. The molecular weight excluding hydrogens is 488 g/mol. The van der Waals surface area contributed by atoms with Crippen LogP contribution in [0.3, 0.4) is 0 Å². The largest absolute Gasteiger partial charge is 0.322 e. The van der Waals surface area contributed by atoms with Crippen LogP contribution in [0.25, 0.3) is 0 Å². The summed E-state index contributed by atoms with van der Waals surface area (Å²) in [5.74, 6) is -0.271. The Morgan fingerprint density at radius 3 is 2.23 bits per heavy atom. The van der Waals surface area contributed by atoms with Gasteiger partial charge in [-0.3, -0.25) is 9.10 Å². The first-order valence-electron chi connectivity index (χ1n) is 9.03. The molecule has 0 radical (unpaired) electrons. The Bertz CT molecular complexity index is 1160. The van der Waals surface area contributed by atoms with E-state index in [2.05, 4.69) is 21.2 Å². The number of amides is 1. The van der Waals surface area contributed by atoms with Gasteiger partial charge in [-0.1, -0.05) is 39.7 Å². The van der Waals surface area contributed by atoms with E-state index in [-0.39, 0.29) is 12.5 Å². The summed E-state index contributed by atoms with van der Waals surface area (Å²) in [6.45, 7) is 2.11. The number of benzene rings is 3. The molecule has 0 unspecified atom stereocenters.